The third-order valence-corrected chi connectivity index (χ3v) is 7.72. The number of nitrogens with zero attached hydrogens (tertiary/aromatic N) is 3. The van der Waals surface area contributed by atoms with Crippen molar-refractivity contribution in [2.75, 3.05) is 0 Å². The molecule has 5 aromatic carbocycles. The highest BCUT2D eigenvalue weighted by atomic mass is 15.0. The lowest BCUT2D eigenvalue weighted by molar-refractivity contribution is 0.589. The van der Waals surface area contributed by atoms with Gasteiger partial charge in [0, 0.05) is 21.5 Å². The molecular formula is C35H27N3. The smallest absolute Gasteiger partial charge is 0.104 e. The number of hydrogen-bond acceptors (Lipinski definition) is 1. The third kappa shape index (κ3) is 3.14. The van der Waals surface area contributed by atoms with E-state index in [1.165, 1.54) is 27.1 Å². The largest absolute Gasteiger partial charge is 0.308 e. The molecule has 0 saturated heterocycles. The summed E-state index contributed by atoms with van der Waals surface area (Å²) in [4.78, 5) is 0. The monoisotopic (exact) mass is 489 g/mol. The van der Waals surface area contributed by atoms with Crippen molar-refractivity contribution in [2.45, 2.75) is 26.2 Å². The van der Waals surface area contributed by atoms with E-state index in [2.05, 4.69) is 145 Å². The van der Waals surface area contributed by atoms with Gasteiger partial charge in [-0.3, -0.25) is 0 Å². The van der Waals surface area contributed by atoms with Crippen molar-refractivity contribution in [3.05, 3.63) is 120 Å². The highest BCUT2D eigenvalue weighted by Crippen LogP contribution is 2.39. The van der Waals surface area contributed by atoms with E-state index in [4.69, 9.17) is 0 Å². The summed E-state index contributed by atoms with van der Waals surface area (Å²) < 4.78 is 4.55. The highest BCUT2D eigenvalue weighted by Gasteiger charge is 2.24. The Kier molecular flexibility index (Phi) is 4.77. The van der Waals surface area contributed by atoms with Crippen molar-refractivity contribution in [3.8, 4) is 17.4 Å². The van der Waals surface area contributed by atoms with E-state index >= 15 is 0 Å². The second-order valence-corrected chi connectivity index (χ2v) is 11.0. The van der Waals surface area contributed by atoms with Crippen molar-refractivity contribution in [2.24, 2.45) is 0 Å². The van der Waals surface area contributed by atoms with Crippen LogP contribution in [0.2, 0.25) is 0 Å². The Morgan fingerprint density at radius 1 is 0.526 bits per heavy atom. The molecule has 2 aromatic heterocycles. The summed E-state index contributed by atoms with van der Waals surface area (Å²) in [6, 6.07) is 41.0. The zero-order valence-corrected chi connectivity index (χ0v) is 21.7. The molecule has 3 heteroatoms. The Labute approximate surface area is 221 Å². The average Bonchev–Trinajstić information content (AvgIpc) is 3.45. The number of nitriles is 1. The number of fused-ring (bicyclic) bond motifs is 6. The van der Waals surface area contributed by atoms with E-state index in [-0.39, 0.29) is 5.41 Å². The molecule has 0 amide bonds. The molecule has 0 N–H and O–H groups in total. The second-order valence-electron chi connectivity index (χ2n) is 11.0. The second kappa shape index (κ2) is 8.10. The zero-order chi connectivity index (χ0) is 26.0. The van der Waals surface area contributed by atoms with Crippen molar-refractivity contribution < 1.29 is 0 Å². The predicted molar refractivity (Wildman–Crippen MR) is 159 cm³/mol. The molecule has 38 heavy (non-hydrogen) atoms. The van der Waals surface area contributed by atoms with Gasteiger partial charge >= 0.3 is 0 Å². The zero-order valence-electron chi connectivity index (χ0n) is 21.7. The summed E-state index contributed by atoms with van der Waals surface area (Å²) in [5.41, 5.74) is 7.96. The molecule has 182 valence electrons. The molecule has 0 unspecified atom stereocenters. The number of hydrogen-bond donors (Lipinski definition) is 0. The number of benzene rings is 5. The van der Waals surface area contributed by atoms with E-state index in [9.17, 15) is 5.26 Å². The molecule has 0 atom stereocenters. The molecule has 7 rings (SSSR count). The van der Waals surface area contributed by atoms with Crippen LogP contribution in [0.3, 0.4) is 0 Å². The SMILES string of the molecule is CC(C)(C)c1cc(-n2c3ccccc3c3ccccc32)c(C#N)c(-n2c3ccccc3c3ccccc32)c1. The summed E-state index contributed by atoms with van der Waals surface area (Å²) in [5, 5.41) is 15.5. The van der Waals surface area contributed by atoms with Crippen LogP contribution in [0.5, 0.6) is 0 Å². The highest BCUT2D eigenvalue weighted by molar-refractivity contribution is 6.11. The maximum absolute atomic E-state index is 10.8. The molecule has 7 aromatic rings. The Hall–Kier alpha value is -4.81. The first kappa shape index (κ1) is 22.4. The first-order chi connectivity index (χ1) is 18.5. The summed E-state index contributed by atoms with van der Waals surface area (Å²) in [6.45, 7) is 6.71. The first-order valence-corrected chi connectivity index (χ1v) is 13.0. The molecule has 0 aliphatic heterocycles. The Balaban J connectivity index is 1.69. The van der Waals surface area contributed by atoms with Gasteiger partial charge in [-0.25, -0.2) is 0 Å². The van der Waals surface area contributed by atoms with E-state index in [0.717, 1.165) is 33.4 Å². The van der Waals surface area contributed by atoms with Gasteiger partial charge in [0.1, 0.15) is 11.6 Å². The molecule has 0 radical (unpaired) electrons. The Bertz CT molecular complexity index is 1830. The third-order valence-electron chi connectivity index (χ3n) is 7.72. The summed E-state index contributed by atoms with van der Waals surface area (Å²) in [7, 11) is 0. The quantitative estimate of drug-likeness (QED) is 0.238. The lowest BCUT2D eigenvalue weighted by Crippen LogP contribution is -2.14. The van der Waals surface area contributed by atoms with Crippen LogP contribution in [-0.4, -0.2) is 9.13 Å². The molecular weight excluding hydrogens is 462 g/mol. The molecule has 0 saturated carbocycles. The molecule has 3 nitrogen and oxygen atoms in total. The van der Waals surface area contributed by atoms with E-state index in [1.54, 1.807) is 0 Å². The van der Waals surface area contributed by atoms with Crippen LogP contribution in [0.4, 0.5) is 0 Å². The van der Waals surface area contributed by atoms with Crippen LogP contribution >= 0.6 is 0 Å². The van der Waals surface area contributed by atoms with E-state index in [1.807, 2.05) is 0 Å². The molecule has 2 heterocycles. The van der Waals surface area contributed by atoms with Crippen LogP contribution in [0.25, 0.3) is 55.0 Å². The first-order valence-electron chi connectivity index (χ1n) is 13.0. The maximum Gasteiger partial charge on any atom is 0.104 e. The van der Waals surface area contributed by atoms with Gasteiger partial charge < -0.3 is 9.13 Å². The maximum atomic E-state index is 10.8. The average molecular weight is 490 g/mol. The van der Waals surface area contributed by atoms with Gasteiger partial charge in [0.25, 0.3) is 0 Å². The summed E-state index contributed by atoms with van der Waals surface area (Å²) in [6.07, 6.45) is 0. The molecule has 0 fully saturated rings. The van der Waals surface area contributed by atoms with Gasteiger partial charge in [-0.2, -0.15) is 5.26 Å². The number of rotatable bonds is 2. The van der Waals surface area contributed by atoms with E-state index < -0.39 is 0 Å². The minimum absolute atomic E-state index is 0.116. The van der Waals surface area contributed by atoms with Gasteiger partial charge in [-0.05, 0) is 47.4 Å². The van der Waals surface area contributed by atoms with Crippen molar-refractivity contribution >= 4 is 43.6 Å². The molecule has 0 aliphatic rings. The minimum Gasteiger partial charge on any atom is -0.308 e. The minimum atomic E-state index is -0.116. The fourth-order valence-electron chi connectivity index (χ4n) is 5.88. The van der Waals surface area contributed by atoms with Crippen LogP contribution < -0.4 is 0 Å². The number of para-hydroxylation sites is 4. The molecule has 0 aliphatic carbocycles. The van der Waals surface area contributed by atoms with Crippen molar-refractivity contribution in [1.82, 2.24) is 9.13 Å². The van der Waals surface area contributed by atoms with Crippen LogP contribution in [0.15, 0.2) is 109 Å². The predicted octanol–water partition coefficient (Wildman–Crippen LogP) is 9.05. The molecule has 0 spiro atoms. The van der Waals surface area contributed by atoms with Gasteiger partial charge in [0.2, 0.25) is 0 Å². The number of aromatic nitrogens is 2. The van der Waals surface area contributed by atoms with Gasteiger partial charge in [-0.15, -0.1) is 0 Å². The topological polar surface area (TPSA) is 33.6 Å². The summed E-state index contributed by atoms with van der Waals surface area (Å²) in [5.74, 6) is 0. The van der Waals surface area contributed by atoms with E-state index in [0.29, 0.717) is 5.56 Å². The van der Waals surface area contributed by atoms with Gasteiger partial charge in [0.15, 0.2) is 0 Å². The lowest BCUT2D eigenvalue weighted by atomic mass is 9.85. The van der Waals surface area contributed by atoms with Gasteiger partial charge in [0.05, 0.1) is 33.4 Å². The Morgan fingerprint density at radius 3 is 1.13 bits per heavy atom. The fraction of sp³-hybridized carbons (Fsp3) is 0.114. The van der Waals surface area contributed by atoms with Crippen molar-refractivity contribution in [3.63, 3.8) is 0 Å². The molecule has 0 bridgehead atoms. The lowest BCUT2D eigenvalue weighted by Gasteiger charge is -2.24. The Morgan fingerprint density at radius 2 is 0.842 bits per heavy atom. The van der Waals surface area contributed by atoms with Crippen LogP contribution in [-0.2, 0) is 5.41 Å². The fourth-order valence-corrected chi connectivity index (χ4v) is 5.88. The van der Waals surface area contributed by atoms with Gasteiger partial charge in [-0.1, -0.05) is 93.6 Å². The normalized spacial score (nSPS) is 12.1. The van der Waals surface area contributed by atoms with Crippen LogP contribution in [0.1, 0.15) is 31.9 Å². The standard InChI is InChI=1S/C35H27N3/c1-35(2,3)23-20-33(37-29-16-8-4-12-24(29)25-13-5-9-17-30(25)37)28(22-36)34(21-23)38-31-18-10-6-14-26(31)27-15-7-11-19-32(27)38/h4-21H,1-3H3. The summed E-state index contributed by atoms with van der Waals surface area (Å²) >= 11 is 0. The van der Waals surface area contributed by atoms with Crippen molar-refractivity contribution in [1.29, 1.82) is 5.26 Å². The van der Waals surface area contributed by atoms with Crippen LogP contribution in [0, 0.1) is 11.3 Å².